The van der Waals surface area contributed by atoms with E-state index in [0.717, 1.165) is 22.5 Å². The van der Waals surface area contributed by atoms with Gasteiger partial charge in [0.15, 0.2) is 5.78 Å². The number of carbonyl (C=O) groups excluding carboxylic acids is 2. The Bertz CT molecular complexity index is 1050. The molecule has 0 saturated carbocycles. The SMILES string of the molecule is CC(=O)C1=C(C)NC(C)=C(C(=O)NC/C=C/c2ccccc2)C1c1cccc(Cl)c1. The van der Waals surface area contributed by atoms with Gasteiger partial charge in [-0.3, -0.25) is 9.59 Å². The largest absolute Gasteiger partial charge is 0.362 e. The second-order valence-corrected chi connectivity index (χ2v) is 7.71. The van der Waals surface area contributed by atoms with Gasteiger partial charge in [0.25, 0.3) is 0 Å². The highest BCUT2D eigenvalue weighted by atomic mass is 35.5. The third kappa shape index (κ3) is 4.89. The molecule has 2 N–H and O–H groups in total. The molecule has 2 aromatic rings. The molecule has 0 radical (unpaired) electrons. The van der Waals surface area contributed by atoms with E-state index in [0.29, 0.717) is 22.7 Å². The molecule has 0 spiro atoms. The normalized spacial score (nSPS) is 16.6. The molecular formula is C25H25ClN2O2. The van der Waals surface area contributed by atoms with Gasteiger partial charge in [-0.2, -0.15) is 0 Å². The fraction of sp³-hybridized carbons (Fsp3) is 0.200. The van der Waals surface area contributed by atoms with E-state index in [-0.39, 0.29) is 11.7 Å². The molecule has 3 rings (SSSR count). The number of benzene rings is 2. The molecule has 1 aliphatic heterocycles. The lowest BCUT2D eigenvalue weighted by atomic mass is 9.78. The lowest BCUT2D eigenvalue weighted by Gasteiger charge is -2.31. The van der Waals surface area contributed by atoms with Crippen LogP contribution >= 0.6 is 11.6 Å². The Morgan fingerprint density at radius 1 is 1.03 bits per heavy atom. The van der Waals surface area contributed by atoms with E-state index in [2.05, 4.69) is 10.6 Å². The maximum atomic E-state index is 13.2. The molecule has 5 heteroatoms. The van der Waals surface area contributed by atoms with Gasteiger partial charge in [-0.25, -0.2) is 0 Å². The fourth-order valence-electron chi connectivity index (χ4n) is 3.79. The van der Waals surface area contributed by atoms with Gasteiger partial charge in [0.05, 0.1) is 0 Å². The van der Waals surface area contributed by atoms with Crippen molar-refractivity contribution in [2.24, 2.45) is 0 Å². The van der Waals surface area contributed by atoms with Gasteiger partial charge in [-0.15, -0.1) is 0 Å². The van der Waals surface area contributed by atoms with Crippen molar-refractivity contribution >= 4 is 29.4 Å². The lowest BCUT2D eigenvalue weighted by Crippen LogP contribution is -2.35. The summed E-state index contributed by atoms with van der Waals surface area (Å²) in [5, 5.41) is 6.71. The van der Waals surface area contributed by atoms with Crippen LogP contribution in [0.1, 0.15) is 37.8 Å². The maximum Gasteiger partial charge on any atom is 0.250 e. The molecular weight excluding hydrogens is 396 g/mol. The smallest absolute Gasteiger partial charge is 0.250 e. The molecule has 1 amide bonds. The molecule has 1 heterocycles. The van der Waals surface area contributed by atoms with Crippen molar-refractivity contribution in [3.05, 3.63) is 99.4 Å². The van der Waals surface area contributed by atoms with E-state index in [4.69, 9.17) is 11.6 Å². The number of carbonyl (C=O) groups is 2. The summed E-state index contributed by atoms with van der Waals surface area (Å²) in [6.45, 7) is 5.61. The van der Waals surface area contributed by atoms with E-state index < -0.39 is 5.92 Å². The van der Waals surface area contributed by atoms with Crippen LogP contribution in [0.15, 0.2) is 83.2 Å². The number of amides is 1. The summed E-state index contributed by atoms with van der Waals surface area (Å²) in [6, 6.07) is 17.2. The average Bonchev–Trinajstić information content (AvgIpc) is 2.71. The number of halogens is 1. The van der Waals surface area contributed by atoms with Crippen LogP contribution < -0.4 is 10.6 Å². The Morgan fingerprint density at radius 2 is 1.73 bits per heavy atom. The molecule has 1 unspecified atom stereocenters. The molecule has 0 aromatic heterocycles. The summed E-state index contributed by atoms with van der Waals surface area (Å²) in [6.07, 6.45) is 3.86. The lowest BCUT2D eigenvalue weighted by molar-refractivity contribution is -0.117. The first-order chi connectivity index (χ1) is 14.4. The van der Waals surface area contributed by atoms with Crippen molar-refractivity contribution in [1.29, 1.82) is 0 Å². The quantitative estimate of drug-likeness (QED) is 0.691. The highest BCUT2D eigenvalue weighted by Gasteiger charge is 2.34. The Morgan fingerprint density at radius 3 is 2.40 bits per heavy atom. The Kier molecular flexibility index (Phi) is 6.91. The molecule has 2 aromatic carbocycles. The number of dihydropyridines is 1. The predicted molar refractivity (Wildman–Crippen MR) is 122 cm³/mol. The van der Waals surface area contributed by atoms with Gasteiger partial charge >= 0.3 is 0 Å². The first-order valence-corrected chi connectivity index (χ1v) is 10.2. The first kappa shape index (κ1) is 21.6. The number of ketones is 1. The number of nitrogens with one attached hydrogen (secondary N) is 2. The molecule has 4 nitrogen and oxygen atoms in total. The molecule has 154 valence electrons. The summed E-state index contributed by atoms with van der Waals surface area (Å²) in [5.41, 5.74) is 4.47. The van der Waals surface area contributed by atoms with Crippen LogP contribution in [0.25, 0.3) is 6.08 Å². The van der Waals surface area contributed by atoms with E-state index in [1.54, 1.807) is 6.07 Å². The third-order valence-corrected chi connectivity index (χ3v) is 5.29. The Balaban J connectivity index is 1.88. The van der Waals surface area contributed by atoms with Crippen LogP contribution in [0.4, 0.5) is 0 Å². The average molecular weight is 421 g/mol. The van der Waals surface area contributed by atoms with E-state index in [9.17, 15) is 9.59 Å². The number of allylic oxidation sites excluding steroid dienone is 3. The second-order valence-electron chi connectivity index (χ2n) is 7.27. The molecule has 0 saturated heterocycles. The highest BCUT2D eigenvalue weighted by molar-refractivity contribution is 6.30. The van der Waals surface area contributed by atoms with Crippen LogP contribution in [0.5, 0.6) is 0 Å². The van der Waals surface area contributed by atoms with E-state index in [1.165, 1.54) is 6.92 Å². The fourth-order valence-corrected chi connectivity index (χ4v) is 3.99. The molecule has 0 fully saturated rings. The number of hydrogen-bond acceptors (Lipinski definition) is 3. The number of hydrogen-bond donors (Lipinski definition) is 2. The summed E-state index contributed by atoms with van der Waals surface area (Å²) in [4.78, 5) is 25.6. The zero-order chi connectivity index (χ0) is 21.7. The van der Waals surface area contributed by atoms with Crippen LogP contribution in [0.2, 0.25) is 5.02 Å². The minimum Gasteiger partial charge on any atom is -0.362 e. The summed E-state index contributed by atoms with van der Waals surface area (Å²) < 4.78 is 0. The minimum atomic E-state index is -0.472. The van der Waals surface area contributed by atoms with Gasteiger partial charge in [0, 0.05) is 40.0 Å². The van der Waals surface area contributed by atoms with Crippen LogP contribution in [0.3, 0.4) is 0 Å². The zero-order valence-electron chi connectivity index (χ0n) is 17.3. The molecule has 30 heavy (non-hydrogen) atoms. The van der Waals surface area contributed by atoms with Crippen molar-refractivity contribution < 1.29 is 9.59 Å². The van der Waals surface area contributed by atoms with Gasteiger partial charge in [-0.1, -0.05) is 66.2 Å². The Hall–Kier alpha value is -3.11. The molecule has 0 bridgehead atoms. The highest BCUT2D eigenvalue weighted by Crippen LogP contribution is 2.39. The van der Waals surface area contributed by atoms with Gasteiger partial charge in [-0.05, 0) is 44.0 Å². The van der Waals surface area contributed by atoms with E-state index >= 15 is 0 Å². The van der Waals surface area contributed by atoms with Crippen LogP contribution in [-0.4, -0.2) is 18.2 Å². The van der Waals surface area contributed by atoms with Gasteiger partial charge < -0.3 is 10.6 Å². The van der Waals surface area contributed by atoms with Gasteiger partial charge in [0.1, 0.15) is 0 Å². The van der Waals surface area contributed by atoms with Crippen LogP contribution in [-0.2, 0) is 9.59 Å². The minimum absolute atomic E-state index is 0.0771. The maximum absolute atomic E-state index is 13.2. The topological polar surface area (TPSA) is 58.2 Å². The standard InChI is InChI=1S/C25H25ClN2O2/c1-16-22(18(3)29)24(20-12-7-13-21(26)15-20)23(17(2)28-16)25(30)27-14-8-11-19-9-5-4-6-10-19/h4-13,15,24,28H,14H2,1-3H3,(H,27,30)/b11-8+. The summed E-state index contributed by atoms with van der Waals surface area (Å²) in [5.74, 6) is -0.763. The number of rotatable bonds is 6. The first-order valence-electron chi connectivity index (χ1n) is 9.83. The van der Waals surface area contributed by atoms with Crippen molar-refractivity contribution in [1.82, 2.24) is 10.6 Å². The molecule has 0 aliphatic carbocycles. The van der Waals surface area contributed by atoms with Crippen LogP contribution in [0, 0.1) is 0 Å². The zero-order valence-corrected chi connectivity index (χ0v) is 18.1. The second kappa shape index (κ2) is 9.59. The predicted octanol–water partition coefficient (Wildman–Crippen LogP) is 4.99. The third-order valence-electron chi connectivity index (χ3n) is 5.06. The van der Waals surface area contributed by atoms with Crippen molar-refractivity contribution in [3.8, 4) is 0 Å². The Labute approximate surface area is 182 Å². The molecule has 1 atom stereocenters. The van der Waals surface area contributed by atoms with Gasteiger partial charge in [0.2, 0.25) is 5.91 Å². The monoisotopic (exact) mass is 420 g/mol. The number of Topliss-reactive ketones (excluding diaryl/α,β-unsaturated/α-hetero) is 1. The van der Waals surface area contributed by atoms with Crippen molar-refractivity contribution in [2.75, 3.05) is 6.54 Å². The van der Waals surface area contributed by atoms with Crippen molar-refractivity contribution in [3.63, 3.8) is 0 Å². The summed E-state index contributed by atoms with van der Waals surface area (Å²) >= 11 is 6.21. The van der Waals surface area contributed by atoms with E-state index in [1.807, 2.05) is 74.5 Å². The van der Waals surface area contributed by atoms with Crippen molar-refractivity contribution in [2.45, 2.75) is 26.7 Å². The summed E-state index contributed by atoms with van der Waals surface area (Å²) in [7, 11) is 0. The molecule has 1 aliphatic rings.